The fourth-order valence-electron chi connectivity index (χ4n) is 3.53. The van der Waals surface area contributed by atoms with Crippen molar-refractivity contribution in [2.75, 3.05) is 24.5 Å². The number of anilines is 1. The minimum absolute atomic E-state index is 0.134. The number of carbonyl (C=O) groups excluding carboxylic acids is 2. The summed E-state index contributed by atoms with van der Waals surface area (Å²) in [6.45, 7) is 5.53. The summed E-state index contributed by atoms with van der Waals surface area (Å²) in [5, 5.41) is 4.30. The summed E-state index contributed by atoms with van der Waals surface area (Å²) < 4.78 is 1.90. The standard InChI is InChI=1S/C18H21N5O2/c1-2-21-12-14(10-19-21)11-20-8-9-22-16(13-20)17(24)23(18(22)25)15-6-4-3-5-7-15/h3-7,10,12,16H,2,8-9,11,13H2,1H3/t16-/m1/s1. The molecular formula is C18H21N5O2. The van der Waals surface area contributed by atoms with Gasteiger partial charge in [0.15, 0.2) is 0 Å². The fourth-order valence-corrected chi connectivity index (χ4v) is 3.53. The Hall–Kier alpha value is -2.67. The second-order valence-corrected chi connectivity index (χ2v) is 6.44. The van der Waals surface area contributed by atoms with Crippen molar-refractivity contribution in [3.63, 3.8) is 0 Å². The van der Waals surface area contributed by atoms with E-state index in [4.69, 9.17) is 0 Å². The quantitative estimate of drug-likeness (QED) is 0.793. The number of nitrogens with zero attached hydrogens (tertiary/aromatic N) is 5. The molecular weight excluding hydrogens is 318 g/mol. The van der Waals surface area contributed by atoms with E-state index in [1.807, 2.05) is 35.3 Å². The molecule has 0 unspecified atom stereocenters. The highest BCUT2D eigenvalue weighted by atomic mass is 16.2. The third-order valence-corrected chi connectivity index (χ3v) is 4.84. The third kappa shape index (κ3) is 2.80. The van der Waals surface area contributed by atoms with Gasteiger partial charge in [0.05, 0.1) is 11.9 Å². The molecule has 0 N–H and O–H groups in total. The Kier molecular flexibility index (Phi) is 4.01. The molecule has 3 amide bonds. The first kappa shape index (κ1) is 15.8. The number of hydrogen-bond donors (Lipinski definition) is 0. The number of piperazine rings is 1. The molecule has 1 aromatic heterocycles. The molecule has 2 saturated heterocycles. The van der Waals surface area contributed by atoms with Crippen molar-refractivity contribution in [3.8, 4) is 0 Å². The third-order valence-electron chi connectivity index (χ3n) is 4.84. The number of hydrogen-bond acceptors (Lipinski definition) is 4. The molecule has 0 aliphatic carbocycles. The molecule has 0 radical (unpaired) electrons. The molecule has 2 aliphatic heterocycles. The SMILES string of the molecule is CCn1cc(CN2CCN3C(=O)N(c4ccccc4)C(=O)[C@H]3C2)cn1. The van der Waals surface area contributed by atoms with Gasteiger partial charge in [-0.15, -0.1) is 0 Å². The van der Waals surface area contributed by atoms with Crippen molar-refractivity contribution in [2.24, 2.45) is 0 Å². The molecule has 7 heteroatoms. The number of rotatable bonds is 4. The van der Waals surface area contributed by atoms with Crippen LogP contribution in [-0.2, 0) is 17.9 Å². The van der Waals surface area contributed by atoms with Crippen LogP contribution in [0.25, 0.3) is 0 Å². The van der Waals surface area contributed by atoms with Gasteiger partial charge in [-0.05, 0) is 19.1 Å². The number of amides is 3. The van der Waals surface area contributed by atoms with Crippen molar-refractivity contribution in [1.82, 2.24) is 19.6 Å². The second kappa shape index (κ2) is 6.33. The van der Waals surface area contributed by atoms with Gasteiger partial charge in [-0.25, -0.2) is 9.69 Å². The minimum atomic E-state index is -0.400. The van der Waals surface area contributed by atoms with Gasteiger partial charge in [-0.3, -0.25) is 14.4 Å². The number of imide groups is 1. The number of urea groups is 1. The van der Waals surface area contributed by atoms with Crippen LogP contribution in [0.15, 0.2) is 42.7 Å². The Morgan fingerprint density at radius 3 is 2.68 bits per heavy atom. The number of aromatic nitrogens is 2. The van der Waals surface area contributed by atoms with E-state index in [-0.39, 0.29) is 11.9 Å². The predicted octanol–water partition coefficient (Wildman–Crippen LogP) is 1.56. The van der Waals surface area contributed by atoms with E-state index >= 15 is 0 Å². The van der Waals surface area contributed by atoms with E-state index in [2.05, 4.69) is 16.9 Å². The average molecular weight is 339 g/mol. The Bertz CT molecular complexity index is 788. The highest BCUT2D eigenvalue weighted by Crippen LogP contribution is 2.27. The zero-order valence-corrected chi connectivity index (χ0v) is 14.2. The number of para-hydroxylation sites is 1. The predicted molar refractivity (Wildman–Crippen MR) is 93.0 cm³/mol. The van der Waals surface area contributed by atoms with Crippen molar-refractivity contribution in [2.45, 2.75) is 26.1 Å². The molecule has 2 fully saturated rings. The van der Waals surface area contributed by atoms with Crippen LogP contribution < -0.4 is 4.90 Å². The van der Waals surface area contributed by atoms with E-state index in [0.29, 0.717) is 18.8 Å². The average Bonchev–Trinajstić information content (AvgIpc) is 3.19. The molecule has 3 heterocycles. The van der Waals surface area contributed by atoms with E-state index in [1.165, 1.54) is 4.90 Å². The van der Waals surface area contributed by atoms with Gasteiger partial charge in [-0.1, -0.05) is 18.2 Å². The lowest BCUT2D eigenvalue weighted by Crippen LogP contribution is -2.52. The summed E-state index contributed by atoms with van der Waals surface area (Å²) in [6.07, 6.45) is 3.90. The minimum Gasteiger partial charge on any atom is -0.309 e. The number of carbonyl (C=O) groups is 2. The molecule has 4 rings (SSSR count). The zero-order valence-electron chi connectivity index (χ0n) is 14.2. The fraction of sp³-hybridized carbons (Fsp3) is 0.389. The molecule has 2 aromatic rings. The number of fused-ring (bicyclic) bond motifs is 1. The summed E-state index contributed by atoms with van der Waals surface area (Å²) in [5.41, 5.74) is 1.77. The highest BCUT2D eigenvalue weighted by molar-refractivity contribution is 6.21. The van der Waals surface area contributed by atoms with Gasteiger partial charge in [-0.2, -0.15) is 5.10 Å². The van der Waals surface area contributed by atoms with Gasteiger partial charge >= 0.3 is 6.03 Å². The maximum Gasteiger partial charge on any atom is 0.332 e. The molecule has 130 valence electrons. The maximum absolute atomic E-state index is 12.8. The summed E-state index contributed by atoms with van der Waals surface area (Å²) in [4.78, 5) is 30.7. The largest absolute Gasteiger partial charge is 0.332 e. The second-order valence-electron chi connectivity index (χ2n) is 6.44. The molecule has 25 heavy (non-hydrogen) atoms. The van der Waals surface area contributed by atoms with E-state index < -0.39 is 6.04 Å². The normalized spacial score (nSPS) is 21.1. The van der Waals surface area contributed by atoms with Gasteiger partial charge in [0.2, 0.25) is 0 Å². The van der Waals surface area contributed by atoms with Crippen molar-refractivity contribution in [1.29, 1.82) is 0 Å². The van der Waals surface area contributed by atoms with Crippen molar-refractivity contribution < 1.29 is 9.59 Å². The van der Waals surface area contributed by atoms with Crippen molar-refractivity contribution >= 4 is 17.6 Å². The first-order valence-electron chi connectivity index (χ1n) is 8.60. The van der Waals surface area contributed by atoms with Gasteiger partial charge in [0.1, 0.15) is 6.04 Å². The Labute approximate surface area is 146 Å². The van der Waals surface area contributed by atoms with Crippen LogP contribution in [0.3, 0.4) is 0 Å². The lowest BCUT2D eigenvalue weighted by Gasteiger charge is -2.35. The monoisotopic (exact) mass is 339 g/mol. The van der Waals surface area contributed by atoms with Gasteiger partial charge < -0.3 is 4.90 Å². The summed E-state index contributed by atoms with van der Waals surface area (Å²) in [7, 11) is 0. The summed E-state index contributed by atoms with van der Waals surface area (Å²) >= 11 is 0. The zero-order chi connectivity index (χ0) is 17.4. The van der Waals surface area contributed by atoms with E-state index in [0.717, 1.165) is 25.2 Å². The Balaban J connectivity index is 1.49. The smallest absolute Gasteiger partial charge is 0.309 e. The lowest BCUT2D eigenvalue weighted by molar-refractivity contribution is -0.121. The lowest BCUT2D eigenvalue weighted by atomic mass is 10.1. The van der Waals surface area contributed by atoms with Gasteiger partial charge in [0, 0.05) is 44.5 Å². The van der Waals surface area contributed by atoms with E-state index in [9.17, 15) is 9.59 Å². The number of aryl methyl sites for hydroxylation is 1. The van der Waals surface area contributed by atoms with Crippen molar-refractivity contribution in [3.05, 3.63) is 48.3 Å². The highest BCUT2D eigenvalue weighted by Gasteiger charge is 2.48. The van der Waals surface area contributed by atoms with Crippen LogP contribution in [0.4, 0.5) is 10.5 Å². The maximum atomic E-state index is 12.8. The van der Waals surface area contributed by atoms with Crippen LogP contribution in [0.1, 0.15) is 12.5 Å². The molecule has 7 nitrogen and oxygen atoms in total. The Morgan fingerprint density at radius 1 is 1.16 bits per heavy atom. The summed E-state index contributed by atoms with van der Waals surface area (Å²) in [5.74, 6) is -0.134. The molecule has 2 aliphatic rings. The first-order valence-corrected chi connectivity index (χ1v) is 8.60. The molecule has 0 spiro atoms. The number of benzene rings is 1. The van der Waals surface area contributed by atoms with E-state index in [1.54, 1.807) is 17.0 Å². The molecule has 1 atom stereocenters. The van der Waals surface area contributed by atoms with Gasteiger partial charge in [0.25, 0.3) is 5.91 Å². The van der Waals surface area contributed by atoms with Crippen LogP contribution in [-0.4, -0.2) is 57.2 Å². The van der Waals surface area contributed by atoms with Crippen LogP contribution >= 0.6 is 0 Å². The first-order chi connectivity index (χ1) is 12.2. The molecule has 0 saturated carbocycles. The van der Waals surface area contributed by atoms with Crippen LogP contribution in [0, 0.1) is 0 Å². The molecule has 1 aromatic carbocycles. The topological polar surface area (TPSA) is 61.7 Å². The Morgan fingerprint density at radius 2 is 1.96 bits per heavy atom. The van der Waals surface area contributed by atoms with Crippen LogP contribution in [0.2, 0.25) is 0 Å². The van der Waals surface area contributed by atoms with Crippen LogP contribution in [0.5, 0.6) is 0 Å². The summed E-state index contributed by atoms with van der Waals surface area (Å²) in [6, 6.07) is 8.54. The molecule has 0 bridgehead atoms.